The third-order valence-electron chi connectivity index (χ3n) is 8.35. The number of halogens is 8. The van der Waals surface area contributed by atoms with Gasteiger partial charge >= 0.3 is 12.1 Å². The first kappa shape index (κ1) is 30.6. The molecule has 212 valence electrons. The van der Waals surface area contributed by atoms with E-state index < -0.39 is 46.8 Å². The molecule has 11 heteroatoms. The number of rotatable bonds is 5. The maximum absolute atomic E-state index is 15.8. The van der Waals surface area contributed by atoms with Crippen molar-refractivity contribution in [2.45, 2.75) is 57.7 Å². The van der Waals surface area contributed by atoms with Crippen molar-refractivity contribution >= 4 is 62.4 Å². The number of alkyl halides is 3. The van der Waals surface area contributed by atoms with Gasteiger partial charge in [-0.1, -0.05) is 68.1 Å². The summed E-state index contributed by atoms with van der Waals surface area (Å²) in [5.41, 5.74) is -3.61. The van der Waals surface area contributed by atoms with Gasteiger partial charge in [-0.15, -0.1) is 0 Å². The first-order valence-electron chi connectivity index (χ1n) is 12.6. The fourth-order valence-corrected chi connectivity index (χ4v) is 7.60. The normalized spacial score (nSPS) is 29.5. The third kappa shape index (κ3) is 5.24. The summed E-state index contributed by atoms with van der Waals surface area (Å²) in [5, 5.41) is 9.94. The molecule has 1 heterocycles. The van der Waals surface area contributed by atoms with Crippen LogP contribution >= 0.6 is 50.7 Å². The first-order valence-corrected chi connectivity index (χ1v) is 14.5. The summed E-state index contributed by atoms with van der Waals surface area (Å²) in [5.74, 6) is -5.07. The highest BCUT2D eigenvalue weighted by atomic mass is 79.9. The predicted molar refractivity (Wildman–Crippen MR) is 150 cm³/mol. The van der Waals surface area contributed by atoms with Crippen molar-refractivity contribution < 1.29 is 27.5 Å². The summed E-state index contributed by atoms with van der Waals surface area (Å²) in [6.07, 6.45) is -3.10. The summed E-state index contributed by atoms with van der Waals surface area (Å²) in [6, 6.07) is 4.20. The lowest BCUT2D eigenvalue weighted by molar-refractivity contribution is -0.214. The van der Waals surface area contributed by atoms with Crippen molar-refractivity contribution in [3.05, 3.63) is 66.8 Å². The molecule has 0 amide bonds. The minimum Gasteiger partial charge on any atom is -0.481 e. The Kier molecular flexibility index (Phi) is 8.75. The zero-order valence-electron chi connectivity index (χ0n) is 21.3. The standard InChI is InChI=1S/C28H27BrCl3F4NO2/c1-12(2)16-6-4-13(3)8-17(16)25-27(28(34,35)36,15-10-19(30)23(32)20(31)11-15)22(26(38)39)24(37-25)14-5-7-21(33)18(29)9-14/h5,7,9-13,16-17,22,25H,4,6,8H2,1-3H3,(H,38,39)/t13-,16?,17-,22+,25+,27+/m1/s1. The summed E-state index contributed by atoms with van der Waals surface area (Å²) in [4.78, 5) is 17.6. The second-order valence-corrected chi connectivity index (χ2v) is 13.0. The molecule has 1 N–H and O–H groups in total. The minimum atomic E-state index is -5.09. The van der Waals surface area contributed by atoms with Crippen LogP contribution in [-0.4, -0.2) is 29.0 Å². The number of carbonyl (C=O) groups is 1. The quantitative estimate of drug-likeness (QED) is 0.254. The van der Waals surface area contributed by atoms with Crippen molar-refractivity contribution in [2.75, 3.05) is 0 Å². The van der Waals surface area contributed by atoms with Crippen LogP contribution in [0.1, 0.15) is 51.2 Å². The first-order chi connectivity index (χ1) is 18.1. The number of aliphatic carboxylic acids is 1. The molecule has 1 unspecified atom stereocenters. The lowest BCUT2D eigenvalue weighted by Crippen LogP contribution is -2.59. The molecule has 39 heavy (non-hydrogen) atoms. The Morgan fingerprint density at radius 2 is 1.74 bits per heavy atom. The van der Waals surface area contributed by atoms with Crippen molar-refractivity contribution in [1.82, 2.24) is 0 Å². The number of carboxylic acid groups (broad SMARTS) is 1. The van der Waals surface area contributed by atoms with E-state index in [1.165, 1.54) is 12.1 Å². The minimum absolute atomic E-state index is 0.0168. The monoisotopic (exact) mass is 669 g/mol. The van der Waals surface area contributed by atoms with E-state index in [4.69, 9.17) is 34.8 Å². The maximum Gasteiger partial charge on any atom is 0.401 e. The van der Waals surface area contributed by atoms with E-state index in [1.54, 1.807) is 0 Å². The van der Waals surface area contributed by atoms with Crippen LogP contribution in [0.3, 0.4) is 0 Å². The molecule has 1 aliphatic heterocycles. The van der Waals surface area contributed by atoms with Gasteiger partial charge in [0.2, 0.25) is 0 Å². The molecule has 1 saturated carbocycles. The topological polar surface area (TPSA) is 49.7 Å². The highest BCUT2D eigenvalue weighted by Crippen LogP contribution is 2.60. The number of aliphatic imine (C=N–C) groups is 1. The van der Waals surface area contributed by atoms with E-state index in [0.29, 0.717) is 12.8 Å². The van der Waals surface area contributed by atoms with Crippen LogP contribution in [0.2, 0.25) is 15.1 Å². The lowest BCUT2D eigenvalue weighted by atomic mass is 9.57. The van der Waals surface area contributed by atoms with Gasteiger partial charge in [0.25, 0.3) is 0 Å². The Labute approximate surface area is 248 Å². The summed E-state index contributed by atoms with van der Waals surface area (Å²) >= 11 is 21.7. The van der Waals surface area contributed by atoms with Crippen LogP contribution in [0.5, 0.6) is 0 Å². The van der Waals surface area contributed by atoms with Gasteiger partial charge in [0.05, 0.1) is 31.3 Å². The second-order valence-electron chi connectivity index (χ2n) is 11.0. The summed E-state index contributed by atoms with van der Waals surface area (Å²) < 4.78 is 61.5. The van der Waals surface area contributed by atoms with Gasteiger partial charge < -0.3 is 5.11 Å². The van der Waals surface area contributed by atoms with Crippen molar-refractivity contribution in [3.8, 4) is 0 Å². The average Bonchev–Trinajstić information content (AvgIpc) is 3.21. The Bertz CT molecular complexity index is 1300. The SMILES string of the molecule is CC(C)C1CC[C@@H](C)C[C@H]1[C@@H]1N=C(c2ccc(F)c(Br)c2)[C@@H](C(=O)O)[C@]1(c1cc(Cl)c(Cl)c(Cl)c1)C(F)(F)F. The van der Waals surface area contributed by atoms with E-state index in [1.807, 2.05) is 20.8 Å². The van der Waals surface area contributed by atoms with Crippen LogP contribution in [0.25, 0.3) is 0 Å². The van der Waals surface area contributed by atoms with E-state index in [9.17, 15) is 14.3 Å². The Morgan fingerprint density at radius 1 is 1.13 bits per heavy atom. The van der Waals surface area contributed by atoms with E-state index in [-0.39, 0.29) is 48.6 Å². The van der Waals surface area contributed by atoms with Gasteiger partial charge in [-0.25, -0.2) is 4.39 Å². The van der Waals surface area contributed by atoms with Crippen molar-refractivity contribution in [3.63, 3.8) is 0 Å². The Morgan fingerprint density at radius 3 is 2.26 bits per heavy atom. The Hall–Kier alpha value is -1.35. The molecule has 2 aromatic carbocycles. The fraction of sp³-hybridized carbons (Fsp3) is 0.500. The van der Waals surface area contributed by atoms with Gasteiger partial charge in [0.1, 0.15) is 17.2 Å². The predicted octanol–water partition coefficient (Wildman–Crippen LogP) is 9.63. The van der Waals surface area contributed by atoms with E-state index in [2.05, 4.69) is 20.9 Å². The summed E-state index contributed by atoms with van der Waals surface area (Å²) in [7, 11) is 0. The smallest absolute Gasteiger partial charge is 0.401 e. The third-order valence-corrected chi connectivity index (χ3v) is 10.2. The highest BCUT2D eigenvalue weighted by Gasteiger charge is 2.72. The number of nitrogens with zero attached hydrogens (tertiary/aromatic N) is 1. The van der Waals surface area contributed by atoms with Crippen LogP contribution in [0.4, 0.5) is 17.6 Å². The molecule has 6 atom stereocenters. The highest BCUT2D eigenvalue weighted by molar-refractivity contribution is 9.10. The maximum atomic E-state index is 15.8. The fourth-order valence-electron chi connectivity index (χ4n) is 6.62. The molecule has 0 aromatic heterocycles. The molecule has 1 aliphatic carbocycles. The van der Waals surface area contributed by atoms with Crippen LogP contribution in [0, 0.1) is 35.4 Å². The molecular formula is C28H27BrCl3F4NO2. The van der Waals surface area contributed by atoms with Gasteiger partial charge in [-0.2, -0.15) is 13.2 Å². The van der Waals surface area contributed by atoms with Crippen LogP contribution < -0.4 is 0 Å². The van der Waals surface area contributed by atoms with Gasteiger partial charge in [-0.05, 0) is 87.8 Å². The van der Waals surface area contributed by atoms with E-state index >= 15 is 13.2 Å². The van der Waals surface area contributed by atoms with Crippen molar-refractivity contribution in [1.29, 1.82) is 0 Å². The molecule has 2 aromatic rings. The average molecular weight is 672 g/mol. The van der Waals surface area contributed by atoms with Crippen LogP contribution in [-0.2, 0) is 10.2 Å². The molecule has 0 radical (unpaired) electrons. The number of hydrogen-bond acceptors (Lipinski definition) is 2. The molecule has 0 bridgehead atoms. The van der Waals surface area contributed by atoms with Crippen molar-refractivity contribution in [2.24, 2.45) is 34.6 Å². The van der Waals surface area contributed by atoms with Crippen LogP contribution in [0.15, 0.2) is 39.8 Å². The summed E-state index contributed by atoms with van der Waals surface area (Å²) in [6.45, 7) is 5.91. The Balaban J connectivity index is 2.11. The molecule has 0 spiro atoms. The van der Waals surface area contributed by atoms with E-state index in [0.717, 1.165) is 24.6 Å². The molecule has 0 saturated heterocycles. The lowest BCUT2D eigenvalue weighted by Gasteiger charge is -2.48. The molecule has 3 nitrogen and oxygen atoms in total. The second kappa shape index (κ2) is 11.1. The molecular weight excluding hydrogens is 645 g/mol. The zero-order chi connectivity index (χ0) is 29.0. The van der Waals surface area contributed by atoms with Gasteiger partial charge in [0, 0.05) is 0 Å². The number of hydrogen-bond donors (Lipinski definition) is 1. The van der Waals surface area contributed by atoms with Gasteiger partial charge in [0.15, 0.2) is 0 Å². The van der Waals surface area contributed by atoms with Gasteiger partial charge in [-0.3, -0.25) is 9.79 Å². The number of benzene rings is 2. The largest absolute Gasteiger partial charge is 0.481 e. The molecule has 1 fully saturated rings. The molecule has 2 aliphatic rings. The number of carboxylic acids is 1. The zero-order valence-corrected chi connectivity index (χ0v) is 25.2. The molecule has 4 rings (SSSR count).